The minimum atomic E-state index is 0.0111. The Balaban J connectivity index is 1.96. The summed E-state index contributed by atoms with van der Waals surface area (Å²) in [6.07, 6.45) is 3.52. The zero-order chi connectivity index (χ0) is 14.0. The second-order valence-electron chi connectivity index (χ2n) is 5.96. The lowest BCUT2D eigenvalue weighted by atomic mass is 10.0. The number of rotatable bonds is 4. The Morgan fingerprint density at radius 3 is 2.79 bits per heavy atom. The topological polar surface area (TPSA) is 29.3 Å². The van der Waals surface area contributed by atoms with Crippen LogP contribution in [0.25, 0.3) is 0 Å². The Bertz CT molecular complexity index is 448. The molecule has 2 N–H and O–H groups in total. The average Bonchev–Trinajstić information content (AvgIpc) is 2.65. The molecule has 0 saturated carbocycles. The van der Waals surface area contributed by atoms with Crippen molar-refractivity contribution in [1.29, 1.82) is 0 Å². The fourth-order valence-corrected chi connectivity index (χ4v) is 3.64. The number of halogens is 2. The average molecular weight is 346 g/mol. The summed E-state index contributed by atoms with van der Waals surface area (Å²) >= 11 is 9.67. The minimum absolute atomic E-state index is 0.0111. The standard InChI is InChI=1S/C15H22BrClN2/c1-15(2)7-3-8-19(15)9-6-14(18)12-5-4-11(16)10-13(12)17/h4-5,10,14H,3,6-9,18H2,1-2H3. The molecule has 4 heteroatoms. The van der Waals surface area contributed by atoms with Crippen molar-refractivity contribution in [2.45, 2.75) is 44.7 Å². The highest BCUT2D eigenvalue weighted by Gasteiger charge is 2.31. The molecule has 1 heterocycles. The predicted molar refractivity (Wildman–Crippen MR) is 85.6 cm³/mol. The van der Waals surface area contributed by atoms with Crippen LogP contribution in [0.3, 0.4) is 0 Å². The largest absolute Gasteiger partial charge is 0.324 e. The van der Waals surface area contributed by atoms with Gasteiger partial charge in [0.05, 0.1) is 0 Å². The summed E-state index contributed by atoms with van der Waals surface area (Å²) in [4.78, 5) is 2.54. The molecule has 1 aromatic rings. The summed E-state index contributed by atoms with van der Waals surface area (Å²) in [5.74, 6) is 0. The summed E-state index contributed by atoms with van der Waals surface area (Å²) in [6.45, 7) is 6.87. The number of hydrogen-bond donors (Lipinski definition) is 1. The maximum atomic E-state index is 6.29. The second-order valence-corrected chi connectivity index (χ2v) is 7.29. The van der Waals surface area contributed by atoms with Gasteiger partial charge in [0.25, 0.3) is 0 Å². The number of nitrogens with two attached hydrogens (primary N) is 1. The van der Waals surface area contributed by atoms with Crippen LogP contribution < -0.4 is 5.73 Å². The van der Waals surface area contributed by atoms with Crippen molar-refractivity contribution in [1.82, 2.24) is 4.90 Å². The molecule has 1 saturated heterocycles. The van der Waals surface area contributed by atoms with E-state index in [1.807, 2.05) is 18.2 Å². The molecule has 0 bridgehead atoms. The van der Waals surface area contributed by atoms with E-state index in [0.717, 1.165) is 28.0 Å². The summed E-state index contributed by atoms with van der Waals surface area (Å²) in [6, 6.07) is 5.95. The molecule has 2 rings (SSSR count). The van der Waals surface area contributed by atoms with Crippen LogP contribution in [0.2, 0.25) is 5.02 Å². The van der Waals surface area contributed by atoms with E-state index in [9.17, 15) is 0 Å². The Labute approximate surface area is 129 Å². The summed E-state index contributed by atoms with van der Waals surface area (Å²) in [5.41, 5.74) is 7.65. The van der Waals surface area contributed by atoms with Gasteiger partial charge >= 0.3 is 0 Å². The molecule has 19 heavy (non-hydrogen) atoms. The molecule has 0 amide bonds. The highest BCUT2D eigenvalue weighted by molar-refractivity contribution is 9.10. The van der Waals surface area contributed by atoms with Gasteiger partial charge in [0.1, 0.15) is 0 Å². The molecule has 0 radical (unpaired) electrons. The maximum absolute atomic E-state index is 6.29. The van der Waals surface area contributed by atoms with Crippen LogP contribution in [0.1, 0.15) is 44.7 Å². The normalized spacial score (nSPS) is 20.7. The van der Waals surface area contributed by atoms with Crippen molar-refractivity contribution in [3.05, 3.63) is 33.3 Å². The van der Waals surface area contributed by atoms with Gasteiger partial charge in [0.15, 0.2) is 0 Å². The maximum Gasteiger partial charge on any atom is 0.0464 e. The second kappa shape index (κ2) is 6.13. The fourth-order valence-electron chi connectivity index (χ4n) is 2.83. The zero-order valence-corrected chi connectivity index (χ0v) is 14.0. The van der Waals surface area contributed by atoms with Crippen molar-refractivity contribution in [3.63, 3.8) is 0 Å². The number of likely N-dealkylation sites (tertiary alicyclic amines) is 1. The van der Waals surface area contributed by atoms with E-state index in [4.69, 9.17) is 17.3 Å². The van der Waals surface area contributed by atoms with Gasteiger partial charge in [0.2, 0.25) is 0 Å². The lowest BCUT2D eigenvalue weighted by Gasteiger charge is -2.32. The van der Waals surface area contributed by atoms with Gasteiger partial charge in [-0.1, -0.05) is 33.6 Å². The van der Waals surface area contributed by atoms with Gasteiger partial charge in [-0.25, -0.2) is 0 Å². The van der Waals surface area contributed by atoms with Gasteiger partial charge < -0.3 is 5.73 Å². The molecule has 2 nitrogen and oxygen atoms in total. The van der Waals surface area contributed by atoms with Gasteiger partial charge in [-0.15, -0.1) is 0 Å². The first-order valence-electron chi connectivity index (χ1n) is 6.86. The molecule has 1 atom stereocenters. The first-order chi connectivity index (χ1) is 8.90. The zero-order valence-electron chi connectivity index (χ0n) is 11.6. The van der Waals surface area contributed by atoms with E-state index in [1.54, 1.807) is 0 Å². The first-order valence-corrected chi connectivity index (χ1v) is 8.03. The predicted octanol–water partition coefficient (Wildman–Crippen LogP) is 4.37. The quantitative estimate of drug-likeness (QED) is 0.878. The lowest BCUT2D eigenvalue weighted by Crippen LogP contribution is -2.39. The van der Waals surface area contributed by atoms with Crippen molar-refractivity contribution in [2.24, 2.45) is 5.73 Å². The smallest absolute Gasteiger partial charge is 0.0464 e. The SMILES string of the molecule is CC1(C)CCCN1CCC(N)c1ccc(Br)cc1Cl. The van der Waals surface area contributed by atoms with Crippen molar-refractivity contribution >= 4 is 27.5 Å². The molecule has 1 fully saturated rings. The molecule has 1 unspecified atom stereocenters. The van der Waals surface area contributed by atoms with Crippen LogP contribution in [0.5, 0.6) is 0 Å². The fraction of sp³-hybridized carbons (Fsp3) is 0.600. The molecule has 1 aliphatic heterocycles. The van der Waals surface area contributed by atoms with E-state index in [2.05, 4.69) is 34.7 Å². The van der Waals surface area contributed by atoms with E-state index in [1.165, 1.54) is 19.4 Å². The number of hydrogen-bond acceptors (Lipinski definition) is 2. The van der Waals surface area contributed by atoms with Gasteiger partial charge in [-0.05, 0) is 57.4 Å². The first kappa shape index (κ1) is 15.3. The van der Waals surface area contributed by atoms with Crippen LogP contribution in [-0.2, 0) is 0 Å². The molecule has 0 aliphatic carbocycles. The van der Waals surface area contributed by atoms with Crippen molar-refractivity contribution in [3.8, 4) is 0 Å². The van der Waals surface area contributed by atoms with Gasteiger partial charge in [-0.3, -0.25) is 4.90 Å². The highest BCUT2D eigenvalue weighted by Crippen LogP contribution is 2.31. The molecule has 0 spiro atoms. The Morgan fingerprint density at radius 2 is 2.21 bits per heavy atom. The van der Waals surface area contributed by atoms with Crippen LogP contribution in [-0.4, -0.2) is 23.5 Å². The van der Waals surface area contributed by atoms with Crippen LogP contribution in [0.4, 0.5) is 0 Å². The van der Waals surface area contributed by atoms with E-state index >= 15 is 0 Å². The third-order valence-electron chi connectivity index (χ3n) is 4.14. The van der Waals surface area contributed by atoms with Gasteiger partial charge in [0, 0.05) is 27.6 Å². The van der Waals surface area contributed by atoms with Crippen LogP contribution >= 0.6 is 27.5 Å². The van der Waals surface area contributed by atoms with Crippen LogP contribution in [0, 0.1) is 0 Å². The van der Waals surface area contributed by atoms with E-state index in [-0.39, 0.29) is 6.04 Å². The third kappa shape index (κ3) is 3.72. The molecule has 0 aromatic heterocycles. The summed E-state index contributed by atoms with van der Waals surface area (Å²) in [7, 11) is 0. The monoisotopic (exact) mass is 344 g/mol. The molecule has 106 valence electrons. The molecular formula is C15H22BrClN2. The molecule has 1 aromatic carbocycles. The van der Waals surface area contributed by atoms with Crippen molar-refractivity contribution in [2.75, 3.05) is 13.1 Å². The van der Waals surface area contributed by atoms with E-state index < -0.39 is 0 Å². The minimum Gasteiger partial charge on any atom is -0.324 e. The summed E-state index contributed by atoms with van der Waals surface area (Å²) < 4.78 is 0.995. The number of benzene rings is 1. The Hall–Kier alpha value is -0.0900. The molecule has 1 aliphatic rings. The Morgan fingerprint density at radius 1 is 1.47 bits per heavy atom. The van der Waals surface area contributed by atoms with Gasteiger partial charge in [-0.2, -0.15) is 0 Å². The van der Waals surface area contributed by atoms with Crippen molar-refractivity contribution < 1.29 is 0 Å². The lowest BCUT2D eigenvalue weighted by molar-refractivity contribution is 0.169. The molecular weight excluding hydrogens is 324 g/mol. The Kier molecular flexibility index (Phi) is 4.93. The highest BCUT2D eigenvalue weighted by atomic mass is 79.9. The third-order valence-corrected chi connectivity index (χ3v) is 4.97. The van der Waals surface area contributed by atoms with Crippen LogP contribution in [0.15, 0.2) is 22.7 Å². The van der Waals surface area contributed by atoms with E-state index in [0.29, 0.717) is 5.54 Å². The number of nitrogens with zero attached hydrogens (tertiary/aromatic N) is 1. The summed E-state index contributed by atoms with van der Waals surface area (Å²) in [5, 5.41) is 0.752.